The van der Waals surface area contributed by atoms with Crippen molar-refractivity contribution in [3.05, 3.63) is 54.1 Å². The molecule has 2 atom stereocenters. The van der Waals surface area contributed by atoms with Gasteiger partial charge < -0.3 is 36.8 Å². The van der Waals surface area contributed by atoms with Crippen molar-refractivity contribution in [2.75, 3.05) is 28.7 Å². The number of morpholine rings is 1. The van der Waals surface area contributed by atoms with Gasteiger partial charge in [-0.25, -0.2) is 4.79 Å². The van der Waals surface area contributed by atoms with Gasteiger partial charge in [-0.05, 0) is 42.5 Å². The number of hydrogen-bond donors (Lipinski definition) is 6. The number of anilines is 3. The second-order valence-electron chi connectivity index (χ2n) is 6.75. The number of nitrogens with one attached hydrogen (secondary N) is 3. The molecule has 4 amide bonds. The molecule has 0 aromatic heterocycles. The largest absolute Gasteiger partial charge is 0.384 e. The SMILES string of the molecule is N=C(N)c1ccc(NC(=O)[C@H](O)[C@H]2OCCN(c3cccc(NC(N)=O)c3)C2=O)cc1. The van der Waals surface area contributed by atoms with Crippen molar-refractivity contribution in [3.8, 4) is 0 Å². The summed E-state index contributed by atoms with van der Waals surface area (Å²) < 4.78 is 5.37. The normalized spacial score (nSPS) is 17.0. The van der Waals surface area contributed by atoms with E-state index >= 15 is 0 Å². The van der Waals surface area contributed by atoms with Crippen LogP contribution >= 0.6 is 0 Å². The van der Waals surface area contributed by atoms with Crippen LogP contribution in [0, 0.1) is 5.41 Å². The van der Waals surface area contributed by atoms with Crippen LogP contribution in [-0.4, -0.2) is 54.1 Å². The molecule has 2 aromatic rings. The lowest BCUT2D eigenvalue weighted by atomic mass is 10.1. The maximum absolute atomic E-state index is 12.9. The van der Waals surface area contributed by atoms with Crippen LogP contribution in [0.15, 0.2) is 48.5 Å². The third-order valence-electron chi connectivity index (χ3n) is 4.57. The summed E-state index contributed by atoms with van der Waals surface area (Å²) >= 11 is 0. The Morgan fingerprint density at radius 3 is 2.48 bits per heavy atom. The van der Waals surface area contributed by atoms with Crippen LogP contribution in [0.25, 0.3) is 0 Å². The van der Waals surface area contributed by atoms with E-state index in [1.54, 1.807) is 36.4 Å². The minimum Gasteiger partial charge on any atom is -0.384 e. The molecule has 0 spiro atoms. The summed E-state index contributed by atoms with van der Waals surface area (Å²) in [6.07, 6.45) is -3.16. The van der Waals surface area contributed by atoms with Crippen molar-refractivity contribution in [1.82, 2.24) is 0 Å². The van der Waals surface area contributed by atoms with Crippen LogP contribution in [0.1, 0.15) is 5.56 Å². The Kier molecular flexibility index (Phi) is 6.48. The molecule has 8 N–H and O–H groups in total. The van der Waals surface area contributed by atoms with E-state index in [-0.39, 0.29) is 19.0 Å². The first-order valence-corrected chi connectivity index (χ1v) is 9.29. The third kappa shape index (κ3) is 5.15. The van der Waals surface area contributed by atoms with Gasteiger partial charge in [0.1, 0.15) is 5.84 Å². The van der Waals surface area contributed by atoms with E-state index in [1.807, 2.05) is 0 Å². The van der Waals surface area contributed by atoms with Crippen LogP contribution < -0.4 is 27.0 Å². The van der Waals surface area contributed by atoms with E-state index in [0.29, 0.717) is 22.6 Å². The highest BCUT2D eigenvalue weighted by molar-refractivity contribution is 6.04. The molecular formula is C20H22N6O5. The first-order valence-electron chi connectivity index (χ1n) is 9.29. The van der Waals surface area contributed by atoms with Gasteiger partial charge in [-0.2, -0.15) is 0 Å². The van der Waals surface area contributed by atoms with Gasteiger partial charge in [0.05, 0.1) is 6.61 Å². The lowest BCUT2D eigenvalue weighted by molar-refractivity contribution is -0.150. The number of aliphatic hydroxyl groups is 1. The Hall–Kier alpha value is -3.96. The highest BCUT2D eigenvalue weighted by Gasteiger charge is 2.39. The van der Waals surface area contributed by atoms with Crippen molar-refractivity contribution in [3.63, 3.8) is 0 Å². The molecule has 31 heavy (non-hydrogen) atoms. The van der Waals surface area contributed by atoms with Gasteiger partial charge >= 0.3 is 6.03 Å². The van der Waals surface area contributed by atoms with Crippen LogP contribution in [0.2, 0.25) is 0 Å². The van der Waals surface area contributed by atoms with Gasteiger partial charge in [0.15, 0.2) is 12.2 Å². The first-order chi connectivity index (χ1) is 14.8. The molecule has 0 radical (unpaired) electrons. The Labute approximate surface area is 177 Å². The lowest BCUT2D eigenvalue weighted by Crippen LogP contribution is -2.55. The van der Waals surface area contributed by atoms with Gasteiger partial charge in [-0.1, -0.05) is 6.07 Å². The molecule has 1 aliphatic rings. The number of urea groups is 1. The molecule has 162 valence electrons. The number of benzene rings is 2. The minimum absolute atomic E-state index is 0.0987. The van der Waals surface area contributed by atoms with Crippen LogP contribution in [0.5, 0.6) is 0 Å². The molecule has 0 unspecified atom stereocenters. The van der Waals surface area contributed by atoms with Gasteiger partial charge in [0.2, 0.25) is 0 Å². The maximum Gasteiger partial charge on any atom is 0.316 e. The summed E-state index contributed by atoms with van der Waals surface area (Å²) in [5, 5.41) is 22.7. The first kappa shape index (κ1) is 21.7. The standard InChI is InChI=1S/C20H22N6O5/c21-17(22)11-4-6-12(7-5-11)24-18(28)15(27)16-19(29)26(8-9-31-16)14-3-1-2-13(10-14)25-20(23)30/h1-7,10,15-16,27H,8-9H2,(H3,21,22)(H,24,28)(H3,23,25,30)/t15-,16-/m1/s1. The average Bonchev–Trinajstić information content (AvgIpc) is 2.73. The molecule has 1 saturated heterocycles. The van der Waals surface area contributed by atoms with Crippen LogP contribution in [0.3, 0.4) is 0 Å². The molecule has 1 aliphatic heterocycles. The second kappa shape index (κ2) is 9.24. The lowest BCUT2D eigenvalue weighted by Gasteiger charge is -2.34. The number of rotatable bonds is 6. The van der Waals surface area contributed by atoms with E-state index in [4.69, 9.17) is 21.6 Å². The number of hydrogen-bond acceptors (Lipinski definition) is 6. The molecule has 1 heterocycles. The monoisotopic (exact) mass is 426 g/mol. The summed E-state index contributed by atoms with van der Waals surface area (Å²) in [5.74, 6) is -1.54. The molecule has 1 fully saturated rings. The maximum atomic E-state index is 12.9. The number of ether oxygens (including phenoxy) is 1. The predicted molar refractivity (Wildman–Crippen MR) is 114 cm³/mol. The van der Waals surface area contributed by atoms with Crippen LogP contribution in [-0.2, 0) is 14.3 Å². The molecule has 11 heteroatoms. The Balaban J connectivity index is 1.70. The fraction of sp³-hybridized carbons (Fsp3) is 0.200. The van der Waals surface area contributed by atoms with Crippen molar-refractivity contribution in [1.29, 1.82) is 5.41 Å². The number of aliphatic hydroxyl groups excluding tert-OH is 1. The van der Waals surface area contributed by atoms with Crippen molar-refractivity contribution < 1.29 is 24.2 Å². The number of amidine groups is 1. The fourth-order valence-electron chi connectivity index (χ4n) is 3.07. The quantitative estimate of drug-likeness (QED) is 0.283. The molecular weight excluding hydrogens is 404 g/mol. The smallest absolute Gasteiger partial charge is 0.316 e. The third-order valence-corrected chi connectivity index (χ3v) is 4.57. The summed E-state index contributed by atoms with van der Waals surface area (Å²) in [4.78, 5) is 37.8. The van der Waals surface area contributed by atoms with E-state index in [1.165, 1.54) is 17.0 Å². The number of nitrogen functional groups attached to an aromatic ring is 1. The van der Waals surface area contributed by atoms with Crippen LogP contribution in [0.4, 0.5) is 21.9 Å². The summed E-state index contributed by atoms with van der Waals surface area (Å²) in [6.45, 7) is 0.303. The molecule has 0 saturated carbocycles. The fourth-order valence-corrected chi connectivity index (χ4v) is 3.07. The Morgan fingerprint density at radius 1 is 1.13 bits per heavy atom. The molecule has 2 aromatic carbocycles. The number of carbonyl (C=O) groups is 3. The zero-order valence-corrected chi connectivity index (χ0v) is 16.4. The minimum atomic E-state index is -1.75. The number of nitrogens with two attached hydrogens (primary N) is 2. The van der Waals surface area contributed by atoms with Crippen molar-refractivity contribution in [2.45, 2.75) is 12.2 Å². The molecule has 11 nitrogen and oxygen atoms in total. The second-order valence-corrected chi connectivity index (χ2v) is 6.75. The number of nitrogens with zero attached hydrogens (tertiary/aromatic N) is 1. The van der Waals surface area contributed by atoms with Gasteiger partial charge in [-0.15, -0.1) is 0 Å². The Bertz CT molecular complexity index is 1010. The van der Waals surface area contributed by atoms with E-state index in [2.05, 4.69) is 10.6 Å². The van der Waals surface area contributed by atoms with E-state index in [9.17, 15) is 19.5 Å². The van der Waals surface area contributed by atoms with Crippen molar-refractivity contribution >= 4 is 40.7 Å². The molecule has 0 aliphatic carbocycles. The van der Waals surface area contributed by atoms with Gasteiger partial charge in [0.25, 0.3) is 11.8 Å². The Morgan fingerprint density at radius 2 is 1.84 bits per heavy atom. The zero-order chi connectivity index (χ0) is 22.5. The molecule has 0 bridgehead atoms. The number of primary amides is 1. The number of carbonyl (C=O) groups excluding carboxylic acids is 3. The summed E-state index contributed by atoms with van der Waals surface area (Å²) in [6, 6.07) is 11.8. The van der Waals surface area contributed by atoms with Gasteiger partial charge in [0, 0.05) is 29.2 Å². The topological polar surface area (TPSA) is 184 Å². The van der Waals surface area contributed by atoms with Crippen molar-refractivity contribution in [2.24, 2.45) is 11.5 Å². The van der Waals surface area contributed by atoms with Gasteiger partial charge in [-0.3, -0.25) is 15.0 Å². The highest BCUT2D eigenvalue weighted by Crippen LogP contribution is 2.24. The predicted octanol–water partition coefficient (Wildman–Crippen LogP) is 0.193. The highest BCUT2D eigenvalue weighted by atomic mass is 16.5. The number of amides is 4. The average molecular weight is 426 g/mol. The molecule has 3 rings (SSSR count). The summed E-state index contributed by atoms with van der Waals surface area (Å²) in [5.41, 5.74) is 12.2. The van der Waals surface area contributed by atoms with E-state index in [0.717, 1.165) is 0 Å². The summed E-state index contributed by atoms with van der Waals surface area (Å²) in [7, 11) is 0. The van der Waals surface area contributed by atoms with E-state index < -0.39 is 30.1 Å². The zero-order valence-electron chi connectivity index (χ0n) is 16.4.